The lowest BCUT2D eigenvalue weighted by molar-refractivity contribution is -0.119. The Labute approximate surface area is 202 Å². The van der Waals surface area contributed by atoms with E-state index in [1.54, 1.807) is 60.7 Å². The van der Waals surface area contributed by atoms with Crippen molar-refractivity contribution in [1.29, 1.82) is 0 Å². The molecule has 1 N–H and O–H groups in total. The smallest absolute Gasteiger partial charge is 0.254 e. The van der Waals surface area contributed by atoms with Crippen LogP contribution in [0.5, 0.6) is 17.2 Å². The lowest BCUT2D eigenvalue weighted by Crippen LogP contribution is -2.44. The lowest BCUT2D eigenvalue weighted by Gasteiger charge is -2.40. The fourth-order valence-electron chi connectivity index (χ4n) is 4.29. The van der Waals surface area contributed by atoms with E-state index in [1.807, 2.05) is 6.07 Å². The molecule has 0 radical (unpaired) electrons. The number of hydrogen-bond donors (Lipinski definition) is 1. The predicted molar refractivity (Wildman–Crippen MR) is 128 cm³/mol. The highest BCUT2D eigenvalue weighted by Crippen LogP contribution is 2.46. The highest BCUT2D eigenvalue weighted by atomic mass is 35.5. The largest absolute Gasteiger partial charge is 0.495 e. The third-order valence-corrected chi connectivity index (χ3v) is 6.14. The van der Waals surface area contributed by atoms with Crippen molar-refractivity contribution in [3.63, 3.8) is 0 Å². The fraction of sp³-hybridized carbons (Fsp3) is 0.240. The topological polar surface area (TPSA) is 90.0 Å². The maximum absolute atomic E-state index is 13.9. The van der Waals surface area contributed by atoms with Gasteiger partial charge in [-0.3, -0.25) is 14.6 Å². The van der Waals surface area contributed by atoms with Crippen molar-refractivity contribution >= 4 is 29.1 Å². The number of hydrogen-bond acceptors (Lipinski definition) is 6. The molecule has 9 heteroatoms. The standard InChI is InChI=1S/C25H24ClN3O5/c1-29-23(14-6-5-9-27-13-14)22(24(30)28-18-10-15(26)7-8-19(18)32-2)16-11-20(33-3)21(34-4)12-17(16)25(29)31/h5-13,22-23H,1-4H3,(H,28,30). The first-order valence-electron chi connectivity index (χ1n) is 10.5. The second kappa shape index (κ2) is 9.61. The van der Waals surface area contributed by atoms with Gasteiger partial charge >= 0.3 is 0 Å². The van der Waals surface area contributed by atoms with Crippen LogP contribution in [0.4, 0.5) is 5.69 Å². The van der Waals surface area contributed by atoms with Crippen LogP contribution in [0.25, 0.3) is 0 Å². The van der Waals surface area contributed by atoms with E-state index in [0.717, 1.165) is 5.56 Å². The number of anilines is 1. The average molecular weight is 482 g/mol. The van der Waals surface area contributed by atoms with Gasteiger partial charge in [0.05, 0.1) is 39.0 Å². The molecule has 2 amide bonds. The number of methoxy groups -OCH3 is 3. The summed E-state index contributed by atoms with van der Waals surface area (Å²) in [5.41, 5.74) is 2.02. The quantitative estimate of drug-likeness (QED) is 0.564. The second-order valence-corrected chi connectivity index (χ2v) is 8.19. The maximum atomic E-state index is 13.9. The van der Waals surface area contributed by atoms with Crippen LogP contribution in [0.2, 0.25) is 5.02 Å². The first-order valence-corrected chi connectivity index (χ1v) is 10.8. The Morgan fingerprint density at radius 1 is 1.03 bits per heavy atom. The summed E-state index contributed by atoms with van der Waals surface area (Å²) in [6.45, 7) is 0. The zero-order valence-electron chi connectivity index (χ0n) is 19.2. The summed E-state index contributed by atoms with van der Waals surface area (Å²) in [7, 11) is 6.18. The minimum atomic E-state index is -0.787. The van der Waals surface area contributed by atoms with Crippen LogP contribution in [-0.4, -0.2) is 50.1 Å². The van der Waals surface area contributed by atoms with Crippen molar-refractivity contribution in [3.8, 4) is 17.2 Å². The number of likely N-dealkylation sites (N-methyl/N-ethyl adjacent to an activating group) is 1. The lowest BCUT2D eigenvalue weighted by atomic mass is 9.79. The number of aromatic nitrogens is 1. The molecule has 0 spiro atoms. The fourth-order valence-corrected chi connectivity index (χ4v) is 4.46. The van der Waals surface area contributed by atoms with Crippen molar-refractivity contribution in [1.82, 2.24) is 9.88 Å². The molecule has 176 valence electrons. The van der Waals surface area contributed by atoms with E-state index >= 15 is 0 Å². The number of benzene rings is 2. The Morgan fingerprint density at radius 2 is 1.74 bits per heavy atom. The number of carbonyl (C=O) groups is 2. The van der Waals surface area contributed by atoms with Crippen LogP contribution < -0.4 is 19.5 Å². The van der Waals surface area contributed by atoms with Crippen LogP contribution in [0.1, 0.15) is 33.4 Å². The molecule has 1 aromatic heterocycles. The molecule has 8 nitrogen and oxygen atoms in total. The first-order chi connectivity index (χ1) is 16.4. The molecule has 2 unspecified atom stereocenters. The van der Waals surface area contributed by atoms with Gasteiger partial charge in [0, 0.05) is 30.0 Å². The number of amides is 2. The molecule has 2 atom stereocenters. The monoisotopic (exact) mass is 481 g/mol. The average Bonchev–Trinajstić information content (AvgIpc) is 2.85. The number of carbonyl (C=O) groups excluding carboxylic acids is 2. The maximum Gasteiger partial charge on any atom is 0.254 e. The molecule has 0 saturated carbocycles. The van der Waals surface area contributed by atoms with Gasteiger partial charge in [-0.15, -0.1) is 0 Å². The summed E-state index contributed by atoms with van der Waals surface area (Å²) in [6, 6.07) is 11.2. The van der Waals surface area contributed by atoms with Gasteiger partial charge < -0.3 is 24.4 Å². The molecular formula is C25H24ClN3O5. The third kappa shape index (κ3) is 4.12. The third-order valence-electron chi connectivity index (χ3n) is 5.90. The molecule has 2 aromatic carbocycles. The summed E-state index contributed by atoms with van der Waals surface area (Å²) in [5.74, 6) is -0.0922. The summed E-state index contributed by atoms with van der Waals surface area (Å²) < 4.78 is 16.3. The van der Waals surface area contributed by atoms with Crippen molar-refractivity contribution in [2.75, 3.05) is 33.7 Å². The Kier molecular flexibility index (Phi) is 6.61. The summed E-state index contributed by atoms with van der Waals surface area (Å²) in [5, 5.41) is 3.38. The van der Waals surface area contributed by atoms with Crippen LogP contribution in [0, 0.1) is 0 Å². The molecule has 3 aromatic rings. The number of rotatable bonds is 6. The number of pyridine rings is 1. The molecular weight excluding hydrogens is 458 g/mol. The zero-order valence-corrected chi connectivity index (χ0v) is 19.9. The van der Waals surface area contributed by atoms with E-state index in [2.05, 4.69) is 10.3 Å². The number of nitrogens with zero attached hydrogens (tertiary/aromatic N) is 2. The van der Waals surface area contributed by atoms with Gasteiger partial charge in [-0.2, -0.15) is 0 Å². The van der Waals surface area contributed by atoms with E-state index in [0.29, 0.717) is 39.1 Å². The minimum Gasteiger partial charge on any atom is -0.495 e. The van der Waals surface area contributed by atoms with Crippen LogP contribution >= 0.6 is 11.6 Å². The molecule has 1 aliphatic heterocycles. The van der Waals surface area contributed by atoms with Crippen LogP contribution in [-0.2, 0) is 4.79 Å². The van der Waals surface area contributed by atoms with E-state index in [4.69, 9.17) is 25.8 Å². The van der Waals surface area contributed by atoms with Crippen LogP contribution in [0.3, 0.4) is 0 Å². The Morgan fingerprint density at radius 3 is 2.38 bits per heavy atom. The number of halogens is 1. The normalized spacial score (nSPS) is 17.1. The Bertz CT molecular complexity index is 1230. The minimum absolute atomic E-state index is 0.241. The molecule has 4 rings (SSSR count). The molecule has 34 heavy (non-hydrogen) atoms. The first kappa shape index (κ1) is 23.4. The summed E-state index contributed by atoms with van der Waals surface area (Å²) in [6.07, 6.45) is 3.29. The van der Waals surface area contributed by atoms with Crippen molar-refractivity contribution < 1.29 is 23.8 Å². The van der Waals surface area contributed by atoms with E-state index in [1.165, 1.54) is 21.3 Å². The van der Waals surface area contributed by atoms with Crippen molar-refractivity contribution in [3.05, 3.63) is 76.6 Å². The molecule has 0 bridgehead atoms. The van der Waals surface area contributed by atoms with Gasteiger partial charge in [-0.25, -0.2) is 0 Å². The van der Waals surface area contributed by atoms with Gasteiger partial charge in [0.2, 0.25) is 5.91 Å². The van der Waals surface area contributed by atoms with Crippen LogP contribution in [0.15, 0.2) is 54.9 Å². The highest BCUT2D eigenvalue weighted by molar-refractivity contribution is 6.31. The summed E-state index contributed by atoms with van der Waals surface area (Å²) >= 11 is 6.17. The molecule has 2 heterocycles. The SMILES string of the molecule is COc1ccc(Cl)cc1NC(=O)C1c2cc(OC)c(OC)cc2C(=O)N(C)C1c1cccnc1. The second-order valence-electron chi connectivity index (χ2n) is 7.75. The van der Waals surface area contributed by atoms with Gasteiger partial charge in [-0.05, 0) is 47.5 Å². The van der Waals surface area contributed by atoms with Gasteiger partial charge in [0.15, 0.2) is 11.5 Å². The number of ether oxygens (including phenoxy) is 3. The van der Waals surface area contributed by atoms with Gasteiger partial charge in [0.1, 0.15) is 5.75 Å². The van der Waals surface area contributed by atoms with Gasteiger partial charge in [0.25, 0.3) is 5.91 Å². The van der Waals surface area contributed by atoms with E-state index < -0.39 is 12.0 Å². The number of fused-ring (bicyclic) bond motifs is 1. The molecule has 1 aliphatic rings. The zero-order chi connectivity index (χ0) is 24.4. The molecule has 0 fully saturated rings. The van der Waals surface area contributed by atoms with Gasteiger partial charge in [-0.1, -0.05) is 17.7 Å². The predicted octanol–water partition coefficient (Wildman–Crippen LogP) is 4.31. The van der Waals surface area contributed by atoms with Crippen molar-refractivity contribution in [2.24, 2.45) is 0 Å². The highest BCUT2D eigenvalue weighted by Gasteiger charge is 2.44. The Hall–Kier alpha value is -3.78. The summed E-state index contributed by atoms with van der Waals surface area (Å²) in [4.78, 5) is 33.0. The molecule has 0 aliphatic carbocycles. The van der Waals surface area contributed by atoms with E-state index in [9.17, 15) is 9.59 Å². The van der Waals surface area contributed by atoms with Crippen molar-refractivity contribution in [2.45, 2.75) is 12.0 Å². The Balaban J connectivity index is 1.89. The molecule has 0 saturated heterocycles. The van der Waals surface area contributed by atoms with E-state index in [-0.39, 0.29) is 11.8 Å². The number of nitrogens with one attached hydrogen (secondary N) is 1.